The van der Waals surface area contributed by atoms with Crippen LogP contribution in [0.4, 0.5) is 0 Å². The normalized spacial score (nSPS) is 24.1. The first-order chi connectivity index (χ1) is 13.1. The predicted octanol–water partition coefficient (Wildman–Crippen LogP) is 1.04. The van der Waals surface area contributed by atoms with Gasteiger partial charge in [-0.15, -0.1) is 0 Å². The number of amides is 3. The fourth-order valence-corrected chi connectivity index (χ4v) is 4.53. The molecular weight excluding hydrogens is 344 g/mol. The highest BCUT2D eigenvalue weighted by molar-refractivity contribution is 5.92. The molecule has 7 heteroatoms. The highest BCUT2D eigenvalue weighted by Crippen LogP contribution is 2.26. The topological polar surface area (TPSA) is 73.8 Å². The number of rotatable bonds is 4. The van der Waals surface area contributed by atoms with Gasteiger partial charge in [0.15, 0.2) is 0 Å². The number of carbonyl (C=O) groups is 3. The van der Waals surface area contributed by atoms with Crippen LogP contribution < -0.4 is 0 Å². The maximum absolute atomic E-state index is 12.9. The second-order valence-corrected chi connectivity index (χ2v) is 7.82. The van der Waals surface area contributed by atoms with Crippen molar-refractivity contribution in [2.45, 2.75) is 44.7 Å². The van der Waals surface area contributed by atoms with Crippen molar-refractivity contribution in [2.24, 2.45) is 5.92 Å². The molecule has 0 aromatic carbocycles. The molecule has 1 atom stereocenters. The molecule has 4 rings (SSSR count). The number of hydrogen-bond donors (Lipinski definition) is 0. The summed E-state index contributed by atoms with van der Waals surface area (Å²) in [6.07, 6.45) is 8.19. The van der Waals surface area contributed by atoms with Crippen LogP contribution in [0.2, 0.25) is 0 Å². The molecule has 0 radical (unpaired) electrons. The summed E-state index contributed by atoms with van der Waals surface area (Å²) in [7, 11) is 0. The minimum Gasteiger partial charge on any atom is -0.338 e. The number of hydrogen-bond acceptors (Lipinski definition) is 4. The van der Waals surface area contributed by atoms with Gasteiger partial charge in [-0.25, -0.2) is 0 Å². The van der Waals surface area contributed by atoms with E-state index in [9.17, 15) is 14.4 Å². The Morgan fingerprint density at radius 1 is 1.07 bits per heavy atom. The van der Waals surface area contributed by atoms with Crippen LogP contribution in [0.25, 0.3) is 0 Å². The van der Waals surface area contributed by atoms with Crippen molar-refractivity contribution in [3.05, 3.63) is 30.1 Å². The van der Waals surface area contributed by atoms with E-state index in [4.69, 9.17) is 0 Å². The predicted molar refractivity (Wildman–Crippen MR) is 98.3 cm³/mol. The monoisotopic (exact) mass is 370 g/mol. The van der Waals surface area contributed by atoms with Gasteiger partial charge in [0.05, 0.1) is 12.5 Å². The average Bonchev–Trinajstić information content (AvgIpc) is 3.32. The smallest absolute Gasteiger partial charge is 0.242 e. The zero-order chi connectivity index (χ0) is 18.8. The number of aromatic nitrogens is 1. The first-order valence-electron chi connectivity index (χ1n) is 9.87. The lowest BCUT2D eigenvalue weighted by atomic mass is 10.1. The Balaban J connectivity index is 1.33. The second-order valence-electron chi connectivity index (χ2n) is 7.82. The molecule has 3 fully saturated rings. The highest BCUT2D eigenvalue weighted by atomic mass is 16.2. The number of carbonyl (C=O) groups excluding carboxylic acids is 3. The summed E-state index contributed by atoms with van der Waals surface area (Å²) in [6.45, 7) is 2.29. The summed E-state index contributed by atoms with van der Waals surface area (Å²) in [6, 6.07) is 4.12. The van der Waals surface area contributed by atoms with Crippen LogP contribution in [-0.2, 0) is 20.9 Å². The van der Waals surface area contributed by atoms with Crippen molar-refractivity contribution in [3.63, 3.8) is 0 Å². The van der Waals surface area contributed by atoms with E-state index in [1.165, 1.54) is 12.8 Å². The van der Waals surface area contributed by atoms with Crippen molar-refractivity contribution in [2.75, 3.05) is 26.2 Å². The van der Waals surface area contributed by atoms with Crippen LogP contribution in [-0.4, -0.2) is 69.6 Å². The fraction of sp³-hybridized carbons (Fsp3) is 0.600. The zero-order valence-corrected chi connectivity index (χ0v) is 15.5. The molecule has 0 unspecified atom stereocenters. The van der Waals surface area contributed by atoms with E-state index >= 15 is 0 Å². The third-order valence-electron chi connectivity index (χ3n) is 6.02. The van der Waals surface area contributed by atoms with E-state index in [1.54, 1.807) is 22.2 Å². The summed E-state index contributed by atoms with van der Waals surface area (Å²) in [5, 5.41) is 0. The standard InChI is InChI=1S/C20H26N4O3/c25-18-11-16(13-23(18)12-15-5-7-21-8-6-15)20(27)22-9-10-24(19(26)14-22)17-3-1-2-4-17/h5-8,16-17H,1-4,9-14H2/t16-/m0/s1. The Morgan fingerprint density at radius 2 is 1.81 bits per heavy atom. The number of likely N-dealkylation sites (tertiary alicyclic amines) is 1. The maximum atomic E-state index is 12.9. The van der Waals surface area contributed by atoms with E-state index in [-0.39, 0.29) is 36.6 Å². The Kier molecular flexibility index (Phi) is 5.09. The molecule has 0 spiro atoms. The van der Waals surface area contributed by atoms with Crippen LogP contribution in [0.3, 0.4) is 0 Å². The van der Waals surface area contributed by atoms with Gasteiger partial charge in [-0.1, -0.05) is 12.8 Å². The van der Waals surface area contributed by atoms with Crippen molar-refractivity contribution in [3.8, 4) is 0 Å². The molecule has 2 aliphatic heterocycles. The number of pyridine rings is 1. The molecule has 7 nitrogen and oxygen atoms in total. The lowest BCUT2D eigenvalue weighted by Crippen LogP contribution is -2.56. The summed E-state index contributed by atoms with van der Waals surface area (Å²) < 4.78 is 0. The van der Waals surface area contributed by atoms with Crippen molar-refractivity contribution in [1.82, 2.24) is 19.7 Å². The molecule has 2 saturated heterocycles. The van der Waals surface area contributed by atoms with Gasteiger partial charge in [-0.05, 0) is 30.5 Å². The SMILES string of the molecule is O=C1C[C@H](C(=O)N2CCN(C3CCCC3)C(=O)C2)CN1Cc1ccncc1. The van der Waals surface area contributed by atoms with E-state index in [0.29, 0.717) is 32.2 Å². The Hall–Kier alpha value is -2.44. The maximum Gasteiger partial charge on any atom is 0.242 e. The Bertz CT molecular complexity index is 717. The number of piperazine rings is 1. The van der Waals surface area contributed by atoms with Crippen molar-refractivity contribution in [1.29, 1.82) is 0 Å². The quantitative estimate of drug-likeness (QED) is 0.794. The van der Waals surface area contributed by atoms with Gasteiger partial charge in [0.2, 0.25) is 17.7 Å². The largest absolute Gasteiger partial charge is 0.338 e. The van der Waals surface area contributed by atoms with Crippen LogP contribution in [0.15, 0.2) is 24.5 Å². The lowest BCUT2D eigenvalue weighted by Gasteiger charge is -2.38. The van der Waals surface area contributed by atoms with E-state index in [0.717, 1.165) is 18.4 Å². The van der Waals surface area contributed by atoms with Crippen LogP contribution in [0, 0.1) is 5.92 Å². The van der Waals surface area contributed by atoms with Crippen molar-refractivity contribution < 1.29 is 14.4 Å². The Morgan fingerprint density at radius 3 is 2.52 bits per heavy atom. The van der Waals surface area contributed by atoms with Gasteiger partial charge >= 0.3 is 0 Å². The number of nitrogens with zero attached hydrogens (tertiary/aromatic N) is 4. The molecule has 3 amide bonds. The summed E-state index contributed by atoms with van der Waals surface area (Å²) in [5.41, 5.74) is 1.01. The lowest BCUT2D eigenvalue weighted by molar-refractivity contribution is -0.149. The summed E-state index contributed by atoms with van der Waals surface area (Å²) in [4.78, 5) is 47.1. The molecule has 0 N–H and O–H groups in total. The molecule has 3 aliphatic rings. The first kappa shape index (κ1) is 17.9. The van der Waals surface area contributed by atoms with Crippen LogP contribution >= 0.6 is 0 Å². The van der Waals surface area contributed by atoms with Gasteiger partial charge in [0.1, 0.15) is 0 Å². The molecule has 0 bridgehead atoms. The minimum atomic E-state index is -0.342. The molecule has 27 heavy (non-hydrogen) atoms. The molecular formula is C20H26N4O3. The van der Waals surface area contributed by atoms with E-state index < -0.39 is 0 Å². The summed E-state index contributed by atoms with van der Waals surface area (Å²) >= 11 is 0. The zero-order valence-electron chi connectivity index (χ0n) is 15.5. The van der Waals surface area contributed by atoms with Crippen LogP contribution in [0.1, 0.15) is 37.7 Å². The van der Waals surface area contributed by atoms with Gasteiger partial charge in [0, 0.05) is 51.0 Å². The molecule has 1 aromatic rings. The van der Waals surface area contributed by atoms with Gasteiger partial charge < -0.3 is 14.7 Å². The highest BCUT2D eigenvalue weighted by Gasteiger charge is 2.39. The van der Waals surface area contributed by atoms with Gasteiger partial charge in [-0.2, -0.15) is 0 Å². The van der Waals surface area contributed by atoms with Crippen LogP contribution in [0.5, 0.6) is 0 Å². The average molecular weight is 370 g/mol. The minimum absolute atomic E-state index is 0.00100. The molecule has 144 valence electrons. The van der Waals surface area contributed by atoms with Gasteiger partial charge in [-0.3, -0.25) is 19.4 Å². The van der Waals surface area contributed by atoms with E-state index in [2.05, 4.69) is 4.98 Å². The fourth-order valence-electron chi connectivity index (χ4n) is 4.53. The van der Waals surface area contributed by atoms with E-state index in [1.807, 2.05) is 17.0 Å². The molecule has 3 heterocycles. The Labute approximate surface area is 159 Å². The second kappa shape index (κ2) is 7.66. The van der Waals surface area contributed by atoms with Crippen molar-refractivity contribution >= 4 is 17.7 Å². The molecule has 1 saturated carbocycles. The third kappa shape index (κ3) is 3.82. The third-order valence-corrected chi connectivity index (χ3v) is 6.02. The molecule has 1 aromatic heterocycles. The molecule has 1 aliphatic carbocycles. The van der Waals surface area contributed by atoms with Gasteiger partial charge in [0.25, 0.3) is 0 Å². The first-order valence-corrected chi connectivity index (χ1v) is 9.87. The summed E-state index contributed by atoms with van der Waals surface area (Å²) in [5.74, 6) is -0.342.